The molecule has 2 N–H and O–H groups in total. The smallest absolute Gasteiger partial charge is 0.220 e. The highest BCUT2D eigenvalue weighted by Gasteiger charge is 2.19. The van der Waals surface area contributed by atoms with Crippen molar-refractivity contribution in [1.29, 1.82) is 0 Å². The van der Waals surface area contributed by atoms with Gasteiger partial charge in [-0.1, -0.05) is 19.1 Å². The van der Waals surface area contributed by atoms with E-state index < -0.39 is 0 Å². The molecule has 1 aromatic carbocycles. The Bertz CT molecular complexity index is 578. The van der Waals surface area contributed by atoms with Gasteiger partial charge in [-0.05, 0) is 31.5 Å². The number of methoxy groups -OCH3 is 2. The molecule has 0 saturated carbocycles. The third kappa shape index (κ3) is 2.49. The first-order valence-electron chi connectivity index (χ1n) is 6.75. The van der Waals surface area contributed by atoms with E-state index in [2.05, 4.69) is 12.0 Å². The van der Waals surface area contributed by atoms with Gasteiger partial charge in [0.25, 0.3) is 0 Å². The largest absolute Gasteiger partial charge is 0.494 e. The van der Waals surface area contributed by atoms with Crippen LogP contribution in [0, 0.1) is 0 Å². The summed E-state index contributed by atoms with van der Waals surface area (Å²) in [5.74, 6) is 1.49. The molecule has 108 valence electrons. The van der Waals surface area contributed by atoms with E-state index in [0.29, 0.717) is 6.54 Å². The van der Waals surface area contributed by atoms with Crippen LogP contribution in [0.3, 0.4) is 0 Å². The lowest BCUT2D eigenvalue weighted by Gasteiger charge is -2.11. The molecule has 0 atom stereocenters. The first-order valence-corrected chi connectivity index (χ1v) is 6.75. The van der Waals surface area contributed by atoms with E-state index in [1.807, 2.05) is 24.3 Å². The van der Waals surface area contributed by atoms with Crippen LogP contribution >= 0.6 is 0 Å². The maximum Gasteiger partial charge on any atom is 0.220 e. The first-order chi connectivity index (χ1) is 9.76. The topological polar surface area (TPSA) is 62.3 Å². The Hall–Kier alpha value is -2.01. The molecule has 0 aliphatic heterocycles. The van der Waals surface area contributed by atoms with E-state index in [4.69, 9.17) is 15.2 Å². The Kier molecular flexibility index (Phi) is 4.63. The second-order valence-electron chi connectivity index (χ2n) is 4.41. The standard InChI is InChI=1S/C15H21N3O2/c1-4-12-11(9-10-16)15(20-3)18(17-12)13-7-5-6-8-14(13)19-2/h5-8H,4,9-10,16H2,1-3H3. The summed E-state index contributed by atoms with van der Waals surface area (Å²) >= 11 is 0. The molecule has 0 spiro atoms. The zero-order valence-electron chi connectivity index (χ0n) is 12.2. The predicted molar refractivity (Wildman–Crippen MR) is 78.8 cm³/mol. The molecule has 2 rings (SSSR count). The van der Waals surface area contributed by atoms with Crippen LogP contribution < -0.4 is 15.2 Å². The van der Waals surface area contributed by atoms with Gasteiger partial charge in [-0.15, -0.1) is 0 Å². The summed E-state index contributed by atoms with van der Waals surface area (Å²) in [6.45, 7) is 2.65. The van der Waals surface area contributed by atoms with E-state index in [9.17, 15) is 0 Å². The van der Waals surface area contributed by atoms with Crippen LogP contribution in [-0.4, -0.2) is 30.5 Å². The van der Waals surface area contributed by atoms with E-state index >= 15 is 0 Å². The van der Waals surface area contributed by atoms with Gasteiger partial charge in [0.1, 0.15) is 11.4 Å². The van der Waals surface area contributed by atoms with Crippen molar-refractivity contribution >= 4 is 0 Å². The fraction of sp³-hybridized carbons (Fsp3) is 0.400. The number of hydrogen-bond acceptors (Lipinski definition) is 4. The minimum Gasteiger partial charge on any atom is -0.494 e. The van der Waals surface area contributed by atoms with Crippen LogP contribution in [0.2, 0.25) is 0 Å². The molecule has 5 heteroatoms. The van der Waals surface area contributed by atoms with Crippen LogP contribution in [0.4, 0.5) is 0 Å². The van der Waals surface area contributed by atoms with Gasteiger partial charge in [-0.2, -0.15) is 9.78 Å². The Balaban J connectivity index is 2.61. The zero-order chi connectivity index (χ0) is 14.5. The molecule has 0 saturated heterocycles. The highest BCUT2D eigenvalue weighted by molar-refractivity contribution is 5.50. The van der Waals surface area contributed by atoms with Gasteiger partial charge >= 0.3 is 0 Å². The molecule has 0 fully saturated rings. The lowest BCUT2D eigenvalue weighted by atomic mass is 10.1. The van der Waals surface area contributed by atoms with Gasteiger partial charge < -0.3 is 15.2 Å². The third-order valence-electron chi connectivity index (χ3n) is 3.26. The molecule has 1 heterocycles. The fourth-order valence-corrected chi connectivity index (χ4v) is 2.34. The highest BCUT2D eigenvalue weighted by atomic mass is 16.5. The average molecular weight is 275 g/mol. The van der Waals surface area contributed by atoms with E-state index in [-0.39, 0.29) is 0 Å². The number of ether oxygens (including phenoxy) is 2. The fourth-order valence-electron chi connectivity index (χ4n) is 2.34. The molecular weight excluding hydrogens is 254 g/mol. The van der Waals surface area contributed by atoms with Crippen molar-refractivity contribution in [3.63, 3.8) is 0 Å². The number of nitrogens with two attached hydrogens (primary N) is 1. The van der Waals surface area contributed by atoms with Gasteiger partial charge in [-0.3, -0.25) is 0 Å². The van der Waals surface area contributed by atoms with Crippen molar-refractivity contribution in [2.24, 2.45) is 5.73 Å². The predicted octanol–water partition coefficient (Wildman–Crippen LogP) is 1.95. The molecule has 5 nitrogen and oxygen atoms in total. The summed E-state index contributed by atoms with van der Waals surface area (Å²) in [5.41, 5.74) is 8.64. The zero-order valence-corrected chi connectivity index (χ0v) is 12.2. The van der Waals surface area contributed by atoms with Crippen LogP contribution in [-0.2, 0) is 12.8 Å². The van der Waals surface area contributed by atoms with E-state index in [1.165, 1.54) is 0 Å². The molecule has 2 aromatic rings. The summed E-state index contributed by atoms with van der Waals surface area (Å²) in [4.78, 5) is 0. The van der Waals surface area contributed by atoms with Crippen molar-refractivity contribution in [3.05, 3.63) is 35.5 Å². The maximum absolute atomic E-state index is 5.69. The number of nitrogens with zero attached hydrogens (tertiary/aromatic N) is 2. The molecule has 0 aliphatic rings. The molecule has 0 radical (unpaired) electrons. The normalized spacial score (nSPS) is 10.6. The van der Waals surface area contributed by atoms with Crippen LogP contribution in [0.25, 0.3) is 5.69 Å². The van der Waals surface area contributed by atoms with Crippen molar-refractivity contribution in [1.82, 2.24) is 9.78 Å². The van der Waals surface area contributed by atoms with E-state index in [1.54, 1.807) is 18.9 Å². The van der Waals surface area contributed by atoms with E-state index in [0.717, 1.165) is 41.4 Å². The first kappa shape index (κ1) is 14.4. The minimum absolute atomic E-state index is 0.570. The number of aromatic nitrogens is 2. The molecule has 20 heavy (non-hydrogen) atoms. The van der Waals surface area contributed by atoms with Crippen molar-refractivity contribution < 1.29 is 9.47 Å². The molecule has 0 amide bonds. The minimum atomic E-state index is 0.570. The number of benzene rings is 1. The lowest BCUT2D eigenvalue weighted by molar-refractivity contribution is 0.373. The van der Waals surface area contributed by atoms with Crippen LogP contribution in [0.1, 0.15) is 18.2 Å². The van der Waals surface area contributed by atoms with Gasteiger partial charge in [0, 0.05) is 5.56 Å². The summed E-state index contributed by atoms with van der Waals surface area (Å²) in [7, 11) is 3.30. The second-order valence-corrected chi connectivity index (χ2v) is 4.41. The van der Waals surface area contributed by atoms with Crippen LogP contribution in [0.5, 0.6) is 11.6 Å². The number of para-hydroxylation sites is 2. The SMILES string of the molecule is CCc1nn(-c2ccccc2OC)c(OC)c1CCN. The average Bonchev–Trinajstić information content (AvgIpc) is 2.85. The number of hydrogen-bond donors (Lipinski definition) is 1. The third-order valence-corrected chi connectivity index (χ3v) is 3.26. The number of aryl methyl sites for hydroxylation is 1. The Morgan fingerprint density at radius 2 is 1.95 bits per heavy atom. The summed E-state index contributed by atoms with van der Waals surface area (Å²) in [6, 6.07) is 7.75. The second kappa shape index (κ2) is 6.43. The Morgan fingerprint density at radius 1 is 1.20 bits per heavy atom. The summed E-state index contributed by atoms with van der Waals surface area (Å²) in [5, 5.41) is 4.65. The Morgan fingerprint density at radius 3 is 2.55 bits per heavy atom. The van der Waals surface area contributed by atoms with Crippen molar-refractivity contribution in [2.75, 3.05) is 20.8 Å². The lowest BCUT2D eigenvalue weighted by Crippen LogP contribution is -2.06. The van der Waals surface area contributed by atoms with Gasteiger partial charge in [0.15, 0.2) is 0 Å². The van der Waals surface area contributed by atoms with Gasteiger partial charge in [0.2, 0.25) is 5.88 Å². The van der Waals surface area contributed by atoms with Gasteiger partial charge in [-0.25, -0.2) is 0 Å². The van der Waals surface area contributed by atoms with Crippen molar-refractivity contribution in [2.45, 2.75) is 19.8 Å². The maximum atomic E-state index is 5.69. The molecule has 0 bridgehead atoms. The Labute approximate surface area is 119 Å². The molecule has 1 aromatic heterocycles. The van der Waals surface area contributed by atoms with Crippen molar-refractivity contribution in [3.8, 4) is 17.3 Å². The molecular formula is C15H21N3O2. The monoisotopic (exact) mass is 275 g/mol. The van der Waals surface area contributed by atoms with Gasteiger partial charge in [0.05, 0.1) is 19.9 Å². The highest BCUT2D eigenvalue weighted by Crippen LogP contribution is 2.31. The quantitative estimate of drug-likeness (QED) is 0.875. The summed E-state index contributed by atoms with van der Waals surface area (Å²) < 4.78 is 12.7. The molecule has 0 unspecified atom stereocenters. The molecule has 0 aliphatic carbocycles. The van der Waals surface area contributed by atoms with Crippen LogP contribution in [0.15, 0.2) is 24.3 Å². The summed E-state index contributed by atoms with van der Waals surface area (Å²) in [6.07, 6.45) is 1.59. The number of rotatable bonds is 6.